The number of carbonyl (C=O) groups excluding carboxylic acids is 1. The first-order valence-electron chi connectivity index (χ1n) is 7.32. The van der Waals surface area contributed by atoms with E-state index in [4.69, 9.17) is 4.74 Å². The molecule has 3 rings (SSSR count). The second-order valence-electron chi connectivity index (χ2n) is 6.07. The van der Waals surface area contributed by atoms with Gasteiger partial charge in [0.15, 0.2) is 0 Å². The van der Waals surface area contributed by atoms with Gasteiger partial charge < -0.3 is 15.0 Å². The number of carbonyl (C=O) groups is 1. The third-order valence-corrected chi connectivity index (χ3v) is 5.02. The van der Waals surface area contributed by atoms with Crippen molar-refractivity contribution in [2.75, 3.05) is 33.3 Å². The summed E-state index contributed by atoms with van der Waals surface area (Å²) in [6, 6.07) is 0. The molecule has 2 unspecified atom stereocenters. The Kier molecular flexibility index (Phi) is 3.57. The molecule has 2 saturated heterocycles. The van der Waals surface area contributed by atoms with Crippen LogP contribution in [0.15, 0.2) is 0 Å². The molecule has 0 aromatic rings. The Bertz CT molecular complexity index is 301. The van der Waals surface area contributed by atoms with E-state index in [0.29, 0.717) is 23.8 Å². The summed E-state index contributed by atoms with van der Waals surface area (Å²) in [5.41, 5.74) is 0. The number of nitrogens with one attached hydrogen (secondary N) is 1. The van der Waals surface area contributed by atoms with Gasteiger partial charge in [-0.3, -0.25) is 4.79 Å². The van der Waals surface area contributed by atoms with Crippen LogP contribution in [-0.4, -0.2) is 50.2 Å². The molecule has 18 heavy (non-hydrogen) atoms. The van der Waals surface area contributed by atoms with Gasteiger partial charge in [0.2, 0.25) is 5.91 Å². The number of rotatable bonds is 2. The van der Waals surface area contributed by atoms with Gasteiger partial charge in [-0.2, -0.15) is 0 Å². The van der Waals surface area contributed by atoms with Crippen LogP contribution in [0.2, 0.25) is 0 Å². The number of likely N-dealkylation sites (tertiary alicyclic amines) is 1. The Morgan fingerprint density at radius 2 is 1.72 bits per heavy atom. The maximum absolute atomic E-state index is 12.5. The first-order chi connectivity index (χ1) is 8.79. The van der Waals surface area contributed by atoms with Crippen LogP contribution in [0.3, 0.4) is 0 Å². The normalized spacial score (nSPS) is 36.9. The smallest absolute Gasteiger partial charge is 0.225 e. The van der Waals surface area contributed by atoms with E-state index in [2.05, 4.69) is 10.2 Å². The molecule has 4 nitrogen and oxygen atoms in total. The van der Waals surface area contributed by atoms with Crippen LogP contribution in [0.4, 0.5) is 0 Å². The van der Waals surface area contributed by atoms with E-state index in [0.717, 1.165) is 39.0 Å². The van der Waals surface area contributed by atoms with E-state index in [9.17, 15) is 4.79 Å². The third-order valence-electron chi connectivity index (χ3n) is 5.02. The number of nitrogens with zero attached hydrogens (tertiary/aromatic N) is 1. The highest BCUT2D eigenvalue weighted by Crippen LogP contribution is 2.39. The summed E-state index contributed by atoms with van der Waals surface area (Å²) in [5, 5.41) is 3.33. The highest BCUT2D eigenvalue weighted by Gasteiger charge is 2.44. The molecule has 3 aliphatic rings. The standard InChI is InChI=1S/C14H24N2O2/c1-18-13-11-2-3-12(13)9-16(8-11)14(17)10-4-6-15-7-5-10/h10-13,15H,2-9H2,1H3. The molecule has 1 saturated carbocycles. The second kappa shape index (κ2) is 5.17. The van der Waals surface area contributed by atoms with Crippen LogP contribution in [0.1, 0.15) is 25.7 Å². The van der Waals surface area contributed by atoms with Crippen LogP contribution >= 0.6 is 0 Å². The van der Waals surface area contributed by atoms with Crippen LogP contribution in [0.25, 0.3) is 0 Å². The molecular formula is C14H24N2O2. The zero-order valence-electron chi connectivity index (χ0n) is 11.2. The number of piperidine rings is 2. The maximum atomic E-state index is 12.5. The summed E-state index contributed by atoms with van der Waals surface area (Å²) >= 11 is 0. The van der Waals surface area contributed by atoms with Gasteiger partial charge in [0.25, 0.3) is 0 Å². The molecule has 0 radical (unpaired) electrons. The zero-order chi connectivity index (χ0) is 12.5. The van der Waals surface area contributed by atoms with Gasteiger partial charge in [-0.05, 0) is 38.8 Å². The highest BCUT2D eigenvalue weighted by atomic mass is 16.5. The fourth-order valence-corrected chi connectivity index (χ4v) is 4.06. The quantitative estimate of drug-likeness (QED) is 0.793. The highest BCUT2D eigenvalue weighted by molar-refractivity contribution is 5.79. The van der Waals surface area contributed by atoms with Gasteiger partial charge in [-0.15, -0.1) is 0 Å². The van der Waals surface area contributed by atoms with E-state index < -0.39 is 0 Å². The van der Waals surface area contributed by atoms with Gasteiger partial charge in [0.1, 0.15) is 0 Å². The van der Waals surface area contributed by atoms with Gasteiger partial charge in [0, 0.05) is 38.0 Å². The number of methoxy groups -OCH3 is 1. The molecule has 1 aliphatic carbocycles. The lowest BCUT2D eigenvalue weighted by Crippen LogP contribution is -2.50. The summed E-state index contributed by atoms with van der Waals surface area (Å²) in [6.07, 6.45) is 4.90. The number of fused-ring (bicyclic) bond motifs is 2. The van der Waals surface area contributed by atoms with Crippen molar-refractivity contribution in [3.8, 4) is 0 Å². The van der Waals surface area contributed by atoms with Gasteiger partial charge in [-0.1, -0.05) is 0 Å². The summed E-state index contributed by atoms with van der Waals surface area (Å²) in [6.45, 7) is 3.85. The summed E-state index contributed by atoms with van der Waals surface area (Å²) < 4.78 is 5.60. The van der Waals surface area contributed by atoms with Crippen molar-refractivity contribution < 1.29 is 9.53 Å². The Hall–Kier alpha value is -0.610. The van der Waals surface area contributed by atoms with E-state index in [-0.39, 0.29) is 5.92 Å². The summed E-state index contributed by atoms with van der Waals surface area (Å²) in [7, 11) is 1.82. The van der Waals surface area contributed by atoms with E-state index in [1.165, 1.54) is 12.8 Å². The summed E-state index contributed by atoms with van der Waals surface area (Å²) in [5.74, 6) is 1.84. The van der Waals surface area contributed by atoms with Crippen LogP contribution in [0.5, 0.6) is 0 Å². The minimum absolute atomic E-state index is 0.268. The van der Waals surface area contributed by atoms with Crippen molar-refractivity contribution in [1.82, 2.24) is 10.2 Å². The first-order valence-corrected chi connectivity index (χ1v) is 7.32. The van der Waals surface area contributed by atoms with Crippen molar-refractivity contribution >= 4 is 5.91 Å². The number of hydrogen-bond donors (Lipinski definition) is 1. The second-order valence-corrected chi connectivity index (χ2v) is 6.07. The van der Waals surface area contributed by atoms with Gasteiger partial charge >= 0.3 is 0 Å². The minimum Gasteiger partial charge on any atom is -0.381 e. The first kappa shape index (κ1) is 12.4. The molecule has 2 bridgehead atoms. The SMILES string of the molecule is COC1C2CCC1CN(C(=O)C1CCNCC1)C2. The number of hydrogen-bond acceptors (Lipinski definition) is 3. The lowest BCUT2D eigenvalue weighted by Gasteiger charge is -2.39. The maximum Gasteiger partial charge on any atom is 0.225 e. The number of ether oxygens (including phenoxy) is 1. The van der Waals surface area contributed by atoms with Gasteiger partial charge in [-0.25, -0.2) is 0 Å². The molecule has 4 heteroatoms. The zero-order valence-corrected chi connectivity index (χ0v) is 11.2. The molecule has 3 fully saturated rings. The van der Waals surface area contributed by atoms with Crippen LogP contribution < -0.4 is 5.32 Å². The Morgan fingerprint density at radius 1 is 1.11 bits per heavy atom. The van der Waals surface area contributed by atoms with Crippen molar-refractivity contribution in [2.24, 2.45) is 17.8 Å². The Balaban J connectivity index is 1.62. The number of amides is 1. The summed E-state index contributed by atoms with van der Waals surface area (Å²) in [4.78, 5) is 14.7. The average molecular weight is 252 g/mol. The molecule has 1 N–H and O–H groups in total. The van der Waals surface area contributed by atoms with Crippen molar-refractivity contribution in [2.45, 2.75) is 31.8 Å². The lowest BCUT2D eigenvalue weighted by molar-refractivity contribution is -0.141. The lowest BCUT2D eigenvalue weighted by atomic mass is 9.91. The molecule has 0 spiro atoms. The molecule has 1 amide bonds. The topological polar surface area (TPSA) is 41.6 Å². The molecule has 102 valence electrons. The molecular weight excluding hydrogens is 228 g/mol. The van der Waals surface area contributed by atoms with Crippen LogP contribution in [0, 0.1) is 17.8 Å². The monoisotopic (exact) mass is 252 g/mol. The van der Waals surface area contributed by atoms with Gasteiger partial charge in [0.05, 0.1) is 6.10 Å². The predicted molar refractivity (Wildman–Crippen MR) is 69.2 cm³/mol. The van der Waals surface area contributed by atoms with Crippen molar-refractivity contribution in [3.63, 3.8) is 0 Å². The minimum atomic E-state index is 0.268. The fraction of sp³-hybridized carbons (Fsp3) is 0.929. The molecule has 0 aromatic carbocycles. The van der Waals surface area contributed by atoms with E-state index in [1.807, 2.05) is 7.11 Å². The van der Waals surface area contributed by atoms with Crippen LogP contribution in [-0.2, 0) is 9.53 Å². The fourth-order valence-electron chi connectivity index (χ4n) is 4.06. The average Bonchev–Trinajstić information content (AvgIpc) is 2.67. The molecule has 2 heterocycles. The van der Waals surface area contributed by atoms with E-state index in [1.54, 1.807) is 0 Å². The molecule has 2 aliphatic heterocycles. The van der Waals surface area contributed by atoms with Crippen molar-refractivity contribution in [3.05, 3.63) is 0 Å². The molecule has 0 aromatic heterocycles. The Morgan fingerprint density at radius 3 is 2.28 bits per heavy atom. The molecule has 2 atom stereocenters. The predicted octanol–water partition coefficient (Wildman–Crippen LogP) is 0.869. The van der Waals surface area contributed by atoms with Crippen molar-refractivity contribution in [1.29, 1.82) is 0 Å². The largest absolute Gasteiger partial charge is 0.381 e. The third kappa shape index (κ3) is 2.16. The van der Waals surface area contributed by atoms with E-state index >= 15 is 0 Å². The Labute approximate surface area is 109 Å².